The van der Waals surface area contributed by atoms with Crippen molar-refractivity contribution in [2.24, 2.45) is 0 Å². The number of imidazole rings is 1. The van der Waals surface area contributed by atoms with E-state index in [1.54, 1.807) is 18.4 Å². The zero-order valence-corrected chi connectivity index (χ0v) is 17.6. The third kappa shape index (κ3) is 3.88. The predicted molar refractivity (Wildman–Crippen MR) is 116 cm³/mol. The van der Waals surface area contributed by atoms with E-state index in [1.165, 1.54) is 4.31 Å². The van der Waals surface area contributed by atoms with Gasteiger partial charge < -0.3 is 10.3 Å². The molecule has 2 heterocycles. The van der Waals surface area contributed by atoms with Gasteiger partial charge in [-0.25, -0.2) is 4.98 Å². The Morgan fingerprint density at radius 1 is 1.10 bits per heavy atom. The SMILES string of the molecule is CN(C)S(=O)(=O)N1CCC(c2nc3ccccc3n2Cc2cccc(N)c2)CC1. The number of aromatic nitrogens is 2. The van der Waals surface area contributed by atoms with Gasteiger partial charge >= 0.3 is 0 Å². The van der Waals surface area contributed by atoms with Crippen molar-refractivity contribution in [2.75, 3.05) is 32.9 Å². The molecule has 0 unspecified atom stereocenters. The van der Waals surface area contributed by atoms with Crippen LogP contribution in [0.1, 0.15) is 30.1 Å². The molecular formula is C21H27N5O2S. The van der Waals surface area contributed by atoms with Gasteiger partial charge in [0.2, 0.25) is 0 Å². The van der Waals surface area contributed by atoms with Gasteiger partial charge in [0.25, 0.3) is 10.2 Å². The summed E-state index contributed by atoms with van der Waals surface area (Å²) in [5.74, 6) is 1.24. The van der Waals surface area contributed by atoms with E-state index in [2.05, 4.69) is 16.7 Å². The van der Waals surface area contributed by atoms with Crippen molar-refractivity contribution in [3.8, 4) is 0 Å². The van der Waals surface area contributed by atoms with Crippen LogP contribution in [0.3, 0.4) is 0 Å². The van der Waals surface area contributed by atoms with Crippen molar-refractivity contribution < 1.29 is 8.42 Å². The molecule has 0 saturated carbocycles. The van der Waals surface area contributed by atoms with E-state index in [-0.39, 0.29) is 5.92 Å². The maximum Gasteiger partial charge on any atom is 0.281 e. The van der Waals surface area contributed by atoms with E-state index in [9.17, 15) is 8.42 Å². The number of anilines is 1. The second-order valence-corrected chi connectivity index (χ2v) is 9.90. The van der Waals surface area contributed by atoms with E-state index in [1.807, 2.05) is 36.4 Å². The summed E-state index contributed by atoms with van der Waals surface area (Å²) in [4.78, 5) is 4.93. The molecule has 0 radical (unpaired) electrons. The molecule has 0 aliphatic carbocycles. The van der Waals surface area contributed by atoms with Crippen LogP contribution in [0.4, 0.5) is 5.69 Å². The average Bonchev–Trinajstić information content (AvgIpc) is 3.06. The molecule has 0 spiro atoms. The maximum atomic E-state index is 12.4. The Labute approximate surface area is 171 Å². The van der Waals surface area contributed by atoms with Gasteiger partial charge in [-0.05, 0) is 42.7 Å². The average molecular weight is 414 g/mol. The smallest absolute Gasteiger partial charge is 0.281 e. The number of hydrogen-bond acceptors (Lipinski definition) is 4. The molecule has 1 aromatic heterocycles. The lowest BCUT2D eigenvalue weighted by Gasteiger charge is -2.32. The van der Waals surface area contributed by atoms with Crippen LogP contribution in [0.15, 0.2) is 48.5 Å². The third-order valence-electron chi connectivity index (χ3n) is 5.58. The van der Waals surface area contributed by atoms with Crippen molar-refractivity contribution in [1.29, 1.82) is 0 Å². The lowest BCUT2D eigenvalue weighted by atomic mass is 9.97. The first-order chi connectivity index (χ1) is 13.9. The van der Waals surface area contributed by atoms with Crippen molar-refractivity contribution in [1.82, 2.24) is 18.2 Å². The first-order valence-electron chi connectivity index (χ1n) is 9.83. The molecule has 29 heavy (non-hydrogen) atoms. The van der Waals surface area contributed by atoms with Gasteiger partial charge in [0.05, 0.1) is 11.0 Å². The Hall–Kier alpha value is -2.42. The second kappa shape index (κ2) is 7.78. The summed E-state index contributed by atoms with van der Waals surface area (Å²) < 4.78 is 30.0. The molecule has 1 fully saturated rings. The highest BCUT2D eigenvalue weighted by molar-refractivity contribution is 7.86. The van der Waals surface area contributed by atoms with Crippen LogP contribution in [0.5, 0.6) is 0 Å². The lowest BCUT2D eigenvalue weighted by Crippen LogP contribution is -2.44. The summed E-state index contributed by atoms with van der Waals surface area (Å²) in [6, 6.07) is 16.0. The maximum absolute atomic E-state index is 12.4. The minimum Gasteiger partial charge on any atom is -0.399 e. The fourth-order valence-electron chi connectivity index (χ4n) is 4.02. The molecule has 7 nitrogen and oxygen atoms in total. The summed E-state index contributed by atoms with van der Waals surface area (Å²) in [6.45, 7) is 1.70. The molecule has 8 heteroatoms. The molecule has 0 atom stereocenters. The number of nitrogen functional groups attached to an aromatic ring is 1. The van der Waals surface area contributed by atoms with Crippen LogP contribution >= 0.6 is 0 Å². The van der Waals surface area contributed by atoms with E-state index in [4.69, 9.17) is 10.7 Å². The Morgan fingerprint density at radius 2 is 1.83 bits per heavy atom. The minimum atomic E-state index is -3.37. The van der Waals surface area contributed by atoms with Crippen molar-refractivity contribution >= 4 is 26.9 Å². The highest BCUT2D eigenvalue weighted by atomic mass is 32.2. The first kappa shape index (κ1) is 19.9. The van der Waals surface area contributed by atoms with Gasteiger partial charge in [0.1, 0.15) is 5.82 Å². The van der Waals surface area contributed by atoms with Gasteiger partial charge in [-0.1, -0.05) is 24.3 Å². The largest absolute Gasteiger partial charge is 0.399 e. The van der Waals surface area contributed by atoms with E-state index in [0.29, 0.717) is 19.6 Å². The lowest BCUT2D eigenvalue weighted by molar-refractivity contribution is 0.295. The van der Waals surface area contributed by atoms with Crippen LogP contribution in [-0.2, 0) is 16.8 Å². The molecule has 1 aliphatic rings. The number of para-hydroxylation sites is 2. The molecule has 2 aromatic carbocycles. The monoisotopic (exact) mass is 413 g/mol. The number of hydrogen-bond donors (Lipinski definition) is 1. The molecule has 0 bridgehead atoms. The zero-order valence-electron chi connectivity index (χ0n) is 16.8. The Kier molecular flexibility index (Phi) is 5.33. The Balaban J connectivity index is 1.64. The molecule has 4 rings (SSSR count). The summed E-state index contributed by atoms with van der Waals surface area (Å²) >= 11 is 0. The number of nitrogens with zero attached hydrogens (tertiary/aromatic N) is 4. The normalized spacial score (nSPS) is 16.7. The molecule has 154 valence electrons. The van der Waals surface area contributed by atoms with Crippen LogP contribution in [0.25, 0.3) is 11.0 Å². The van der Waals surface area contributed by atoms with Gasteiger partial charge in [-0.15, -0.1) is 0 Å². The Bertz CT molecular complexity index is 1120. The standard InChI is InChI=1S/C21H27N5O2S/c1-24(2)29(27,28)25-12-10-17(11-13-25)21-23-19-8-3-4-9-20(19)26(21)15-16-6-5-7-18(22)14-16/h3-9,14,17H,10-13,15,22H2,1-2H3. The quantitative estimate of drug-likeness (QED) is 0.652. The van der Waals surface area contributed by atoms with E-state index >= 15 is 0 Å². The fraction of sp³-hybridized carbons (Fsp3) is 0.381. The Morgan fingerprint density at radius 3 is 2.52 bits per heavy atom. The summed E-state index contributed by atoms with van der Waals surface area (Å²) in [7, 11) is -0.216. The first-order valence-corrected chi connectivity index (χ1v) is 11.2. The number of piperidine rings is 1. The van der Waals surface area contributed by atoms with Crippen LogP contribution in [0.2, 0.25) is 0 Å². The highest BCUT2D eigenvalue weighted by Gasteiger charge is 2.32. The fourth-order valence-corrected chi connectivity index (χ4v) is 5.16. The summed E-state index contributed by atoms with van der Waals surface area (Å²) in [5.41, 5.74) is 9.90. The zero-order chi connectivity index (χ0) is 20.6. The van der Waals surface area contributed by atoms with E-state index in [0.717, 1.165) is 41.0 Å². The van der Waals surface area contributed by atoms with Crippen molar-refractivity contribution in [3.63, 3.8) is 0 Å². The van der Waals surface area contributed by atoms with Gasteiger partial charge in [-0.2, -0.15) is 17.0 Å². The molecule has 2 N–H and O–H groups in total. The van der Waals surface area contributed by atoms with Gasteiger partial charge in [0, 0.05) is 45.3 Å². The van der Waals surface area contributed by atoms with E-state index < -0.39 is 10.2 Å². The summed E-state index contributed by atoms with van der Waals surface area (Å²) in [6.07, 6.45) is 1.51. The van der Waals surface area contributed by atoms with Crippen LogP contribution in [0, 0.1) is 0 Å². The second-order valence-electron chi connectivity index (χ2n) is 7.75. The minimum absolute atomic E-state index is 0.220. The molecule has 1 saturated heterocycles. The molecule has 1 aliphatic heterocycles. The molecule has 0 amide bonds. The van der Waals surface area contributed by atoms with Crippen LogP contribution in [-0.4, -0.2) is 53.8 Å². The highest BCUT2D eigenvalue weighted by Crippen LogP contribution is 2.32. The van der Waals surface area contributed by atoms with Crippen molar-refractivity contribution in [3.05, 3.63) is 59.9 Å². The number of rotatable bonds is 5. The van der Waals surface area contributed by atoms with Gasteiger partial charge in [0.15, 0.2) is 0 Å². The number of fused-ring (bicyclic) bond motifs is 1. The summed E-state index contributed by atoms with van der Waals surface area (Å²) in [5, 5.41) is 0. The number of nitrogens with two attached hydrogens (primary N) is 1. The number of benzene rings is 2. The topological polar surface area (TPSA) is 84.5 Å². The van der Waals surface area contributed by atoms with Crippen LogP contribution < -0.4 is 5.73 Å². The third-order valence-corrected chi connectivity index (χ3v) is 7.52. The molecular weight excluding hydrogens is 386 g/mol. The molecule has 3 aromatic rings. The van der Waals surface area contributed by atoms with Gasteiger partial charge in [-0.3, -0.25) is 0 Å². The van der Waals surface area contributed by atoms with Crippen molar-refractivity contribution in [2.45, 2.75) is 25.3 Å². The predicted octanol–water partition coefficient (Wildman–Crippen LogP) is 2.65.